The topological polar surface area (TPSA) is 15.3 Å². The normalized spacial score (nSPS) is 17.4. The van der Waals surface area contributed by atoms with Crippen LogP contribution in [-0.4, -0.2) is 30.5 Å². The van der Waals surface area contributed by atoms with Crippen LogP contribution < -0.4 is 5.32 Å². The van der Waals surface area contributed by atoms with E-state index in [0.717, 1.165) is 0 Å². The Hall–Kier alpha value is 0.0600. The van der Waals surface area contributed by atoms with Gasteiger partial charge < -0.3 is 5.32 Å². The summed E-state index contributed by atoms with van der Waals surface area (Å²) in [6.45, 7) is 5.64. The molecule has 82 valence electrons. The first-order chi connectivity index (χ1) is 6.02. The van der Waals surface area contributed by atoms with E-state index in [4.69, 9.17) is 0 Å². The molecule has 6 heteroatoms. The number of hydrogen-bond acceptors (Lipinski definition) is 2. The molecule has 0 unspecified atom stereocenters. The van der Waals surface area contributed by atoms with Gasteiger partial charge in [-0.3, -0.25) is 0 Å². The van der Waals surface area contributed by atoms with E-state index in [2.05, 4.69) is 5.32 Å². The summed E-state index contributed by atoms with van der Waals surface area (Å²) in [6, 6.07) is 0. The molecule has 0 amide bonds. The average Bonchev–Trinajstić information content (AvgIpc) is 1.82. The van der Waals surface area contributed by atoms with Gasteiger partial charge in [-0.05, 0) is 19.5 Å². The molecule has 0 atom stereocenters. The number of hydrogen-bond donors (Lipinski definition) is 1. The van der Waals surface area contributed by atoms with Crippen LogP contribution in [0.15, 0.2) is 0 Å². The predicted octanol–water partition coefficient (Wildman–Crippen LogP) is 2.68. The lowest BCUT2D eigenvalue weighted by atomic mass is 10.3. The lowest BCUT2D eigenvalue weighted by molar-refractivity contribution is 0.416. The average molecular weight is 218 g/mol. The summed E-state index contributed by atoms with van der Waals surface area (Å²) in [6.07, 6.45) is 1.39. The Balaban J connectivity index is 0.000000293. The number of nitrogens with one attached hydrogen (secondary N) is 1. The van der Waals surface area contributed by atoms with E-state index in [1.807, 2.05) is 0 Å². The highest BCUT2D eigenvalue weighted by molar-refractivity contribution is 8.18. The molecule has 2 nitrogen and oxygen atoms in total. The highest BCUT2D eigenvalue weighted by Crippen LogP contribution is 2.55. The van der Waals surface area contributed by atoms with Crippen molar-refractivity contribution >= 4 is 11.4 Å². The van der Waals surface area contributed by atoms with Crippen molar-refractivity contribution in [1.29, 1.82) is 0 Å². The van der Waals surface area contributed by atoms with Gasteiger partial charge in [0.25, 0.3) is 11.4 Å². The molecule has 1 aliphatic heterocycles. The third-order valence-electron chi connectivity index (χ3n) is 1.71. The van der Waals surface area contributed by atoms with Crippen LogP contribution in [-0.2, 0) is 0 Å². The molecule has 1 saturated heterocycles. The van der Waals surface area contributed by atoms with E-state index in [1.54, 1.807) is 0 Å². The minimum Gasteiger partial charge on any atom is -0.317 e. The van der Waals surface area contributed by atoms with Gasteiger partial charge in [-0.2, -0.15) is 4.31 Å². The molecule has 0 bridgehead atoms. The van der Waals surface area contributed by atoms with E-state index >= 15 is 0 Å². The molecule has 13 heavy (non-hydrogen) atoms. The number of rotatable bonds is 3. The van der Waals surface area contributed by atoms with Crippen molar-refractivity contribution in [3.63, 3.8) is 0 Å². The SMILES string of the molecule is C1CNC1.CCN(CC)S(F)(F)F. The molecule has 1 heterocycles. The smallest absolute Gasteiger partial charge is 0.278 e. The van der Waals surface area contributed by atoms with E-state index in [-0.39, 0.29) is 13.1 Å². The van der Waals surface area contributed by atoms with E-state index < -0.39 is 11.4 Å². The van der Waals surface area contributed by atoms with Crippen LogP contribution >= 0.6 is 11.4 Å². The number of halogens is 3. The monoisotopic (exact) mass is 218 g/mol. The maximum atomic E-state index is 11.7. The van der Waals surface area contributed by atoms with E-state index in [1.165, 1.54) is 33.4 Å². The van der Waals surface area contributed by atoms with Gasteiger partial charge in [0.05, 0.1) is 0 Å². The van der Waals surface area contributed by atoms with Crippen LogP contribution in [0, 0.1) is 0 Å². The standard InChI is InChI=1S/C4H10F3NS.C3H7N/c1-3-8(4-2)9(5,6)7;1-2-4-3-1/h3-4H2,1-2H3;4H,1-3H2. The van der Waals surface area contributed by atoms with Gasteiger partial charge in [-0.1, -0.05) is 13.8 Å². The van der Waals surface area contributed by atoms with Crippen molar-refractivity contribution < 1.29 is 11.7 Å². The van der Waals surface area contributed by atoms with E-state index in [9.17, 15) is 11.7 Å². The zero-order valence-electron chi connectivity index (χ0n) is 8.02. The zero-order valence-corrected chi connectivity index (χ0v) is 8.84. The summed E-state index contributed by atoms with van der Waals surface area (Å²) in [5.41, 5.74) is 0. The second kappa shape index (κ2) is 6.50. The molecular weight excluding hydrogens is 201 g/mol. The summed E-state index contributed by atoms with van der Waals surface area (Å²) in [5, 5.41) is 3.11. The molecule has 1 N–H and O–H groups in total. The predicted molar refractivity (Wildman–Crippen MR) is 51.3 cm³/mol. The van der Waals surface area contributed by atoms with Crippen molar-refractivity contribution in [2.24, 2.45) is 0 Å². The highest BCUT2D eigenvalue weighted by Gasteiger charge is 2.27. The maximum absolute atomic E-state index is 11.7. The molecule has 0 aromatic rings. The Labute approximate surface area is 79.8 Å². The molecular formula is C7H17F3N2S. The van der Waals surface area contributed by atoms with Gasteiger partial charge in [0.2, 0.25) is 0 Å². The molecule has 1 rings (SSSR count). The Morgan fingerprint density at radius 1 is 1.15 bits per heavy atom. The van der Waals surface area contributed by atoms with Crippen molar-refractivity contribution in [3.05, 3.63) is 0 Å². The summed E-state index contributed by atoms with van der Waals surface area (Å²) >= 11 is -4.93. The van der Waals surface area contributed by atoms with Crippen molar-refractivity contribution in [2.45, 2.75) is 20.3 Å². The van der Waals surface area contributed by atoms with Crippen molar-refractivity contribution in [1.82, 2.24) is 9.62 Å². The molecule has 0 aliphatic carbocycles. The quantitative estimate of drug-likeness (QED) is 0.783. The summed E-state index contributed by atoms with van der Waals surface area (Å²) in [7, 11) is 0. The highest BCUT2D eigenvalue weighted by atomic mass is 32.3. The third kappa shape index (κ3) is 6.17. The largest absolute Gasteiger partial charge is 0.317 e. The molecule has 0 spiro atoms. The minimum atomic E-state index is -4.93. The van der Waals surface area contributed by atoms with Crippen LogP contribution in [0.3, 0.4) is 0 Å². The Morgan fingerprint density at radius 3 is 1.46 bits per heavy atom. The lowest BCUT2D eigenvalue weighted by Crippen LogP contribution is -2.29. The molecule has 0 saturated carbocycles. The van der Waals surface area contributed by atoms with Gasteiger partial charge in [0, 0.05) is 13.1 Å². The fourth-order valence-electron chi connectivity index (χ4n) is 0.693. The fraction of sp³-hybridized carbons (Fsp3) is 1.00. The molecule has 0 aromatic heterocycles. The van der Waals surface area contributed by atoms with Crippen molar-refractivity contribution in [3.8, 4) is 0 Å². The van der Waals surface area contributed by atoms with Crippen LogP contribution in [0.2, 0.25) is 0 Å². The van der Waals surface area contributed by atoms with Gasteiger partial charge in [-0.25, -0.2) is 0 Å². The number of nitrogens with zero attached hydrogens (tertiary/aromatic N) is 1. The zero-order chi connectivity index (χ0) is 10.3. The van der Waals surface area contributed by atoms with Crippen LogP contribution in [0.4, 0.5) is 11.7 Å². The summed E-state index contributed by atoms with van der Waals surface area (Å²) in [5.74, 6) is 0. The Bertz CT molecular complexity index is 117. The maximum Gasteiger partial charge on any atom is 0.278 e. The second-order valence-corrected chi connectivity index (χ2v) is 3.88. The van der Waals surface area contributed by atoms with Gasteiger partial charge in [0.15, 0.2) is 0 Å². The van der Waals surface area contributed by atoms with Crippen LogP contribution in [0.5, 0.6) is 0 Å². The molecule has 0 radical (unpaired) electrons. The lowest BCUT2D eigenvalue weighted by Gasteiger charge is -2.23. The van der Waals surface area contributed by atoms with Gasteiger partial charge >= 0.3 is 0 Å². The minimum absolute atomic E-state index is 0.0648. The van der Waals surface area contributed by atoms with Crippen LogP contribution in [0.1, 0.15) is 20.3 Å². The first-order valence-corrected chi connectivity index (χ1v) is 5.69. The first-order valence-electron chi connectivity index (χ1n) is 4.40. The molecule has 0 aromatic carbocycles. The van der Waals surface area contributed by atoms with E-state index in [0.29, 0.717) is 4.31 Å². The van der Waals surface area contributed by atoms with Crippen LogP contribution in [0.25, 0.3) is 0 Å². The third-order valence-corrected chi connectivity index (χ3v) is 2.81. The summed E-state index contributed by atoms with van der Waals surface area (Å²) in [4.78, 5) is 0. The summed E-state index contributed by atoms with van der Waals surface area (Å²) < 4.78 is 35.7. The van der Waals surface area contributed by atoms with Gasteiger partial charge in [-0.15, -0.1) is 11.7 Å². The fourth-order valence-corrected chi connectivity index (χ4v) is 1.28. The Morgan fingerprint density at radius 2 is 1.46 bits per heavy atom. The molecule has 1 aliphatic rings. The first kappa shape index (κ1) is 13.1. The second-order valence-electron chi connectivity index (χ2n) is 2.60. The van der Waals surface area contributed by atoms with Gasteiger partial charge in [0.1, 0.15) is 0 Å². The Kier molecular flexibility index (Phi) is 6.53. The van der Waals surface area contributed by atoms with Crippen molar-refractivity contribution in [2.75, 3.05) is 26.2 Å². The molecule has 1 fully saturated rings.